The third-order valence-electron chi connectivity index (χ3n) is 6.55. The first kappa shape index (κ1) is 17.2. The topological polar surface area (TPSA) is 0 Å². The molecule has 0 bridgehead atoms. The van der Waals surface area contributed by atoms with E-state index in [1.165, 1.54) is 75.1 Å². The van der Waals surface area contributed by atoms with Gasteiger partial charge >= 0.3 is 0 Å². The average Bonchev–Trinajstić information content (AvgIpc) is 2.62. The summed E-state index contributed by atoms with van der Waals surface area (Å²) in [6.07, 6.45) is 11.6. The van der Waals surface area contributed by atoms with Crippen LogP contribution in [0.1, 0.15) is 57.4 Å². The molecule has 2 fully saturated rings. The second-order valence-corrected chi connectivity index (χ2v) is 10.9. The third-order valence-corrected chi connectivity index (χ3v) is 9.50. The van der Waals surface area contributed by atoms with Crippen LogP contribution in [0, 0.1) is 23.6 Å². The number of rotatable bonds is 5. The maximum atomic E-state index is 13.0. The van der Waals surface area contributed by atoms with Crippen LogP contribution in [-0.2, 0) is 6.42 Å². The molecule has 0 aromatic heterocycles. The van der Waals surface area contributed by atoms with Gasteiger partial charge in [0.15, 0.2) is 0 Å². The highest BCUT2D eigenvalue weighted by Gasteiger charge is 2.30. The molecule has 1 aromatic rings. The zero-order valence-electron chi connectivity index (χ0n) is 14.7. The van der Waals surface area contributed by atoms with Crippen LogP contribution in [0.15, 0.2) is 24.3 Å². The number of hydrogen-bond acceptors (Lipinski definition) is 0. The minimum absolute atomic E-state index is 0.110. The van der Waals surface area contributed by atoms with Gasteiger partial charge in [0, 0.05) is 8.80 Å². The molecule has 23 heavy (non-hydrogen) atoms. The van der Waals surface area contributed by atoms with Gasteiger partial charge in [0.05, 0.1) is 0 Å². The normalized spacial score (nSPS) is 27.2. The summed E-state index contributed by atoms with van der Waals surface area (Å²) in [4.78, 5) is 0. The van der Waals surface area contributed by atoms with E-state index < -0.39 is 0 Å². The van der Waals surface area contributed by atoms with Gasteiger partial charge in [0.1, 0.15) is 5.82 Å². The Labute approximate surface area is 143 Å². The largest absolute Gasteiger partial charge is 0.207 e. The summed E-state index contributed by atoms with van der Waals surface area (Å²) in [5.74, 6) is 3.03. The Kier molecular flexibility index (Phi) is 6.33. The highest BCUT2D eigenvalue weighted by molar-refractivity contribution is 6.59. The SMILES string of the molecule is CCC1CCC(C2CC[Si](CCc3ccc(F)cc3)CC2)CC1. The van der Waals surface area contributed by atoms with E-state index in [-0.39, 0.29) is 14.6 Å². The summed E-state index contributed by atoms with van der Waals surface area (Å²) in [5.41, 5.74) is 1.32. The summed E-state index contributed by atoms with van der Waals surface area (Å²) in [6, 6.07) is 11.6. The highest BCUT2D eigenvalue weighted by atomic mass is 28.3. The van der Waals surface area contributed by atoms with Gasteiger partial charge in [-0.3, -0.25) is 0 Å². The molecule has 0 N–H and O–H groups in total. The maximum absolute atomic E-state index is 13.0. The van der Waals surface area contributed by atoms with E-state index >= 15 is 0 Å². The van der Waals surface area contributed by atoms with Crippen molar-refractivity contribution in [2.24, 2.45) is 17.8 Å². The lowest BCUT2D eigenvalue weighted by Gasteiger charge is -2.37. The molecule has 1 saturated carbocycles. The monoisotopic (exact) mass is 331 g/mol. The zero-order valence-corrected chi connectivity index (χ0v) is 15.7. The van der Waals surface area contributed by atoms with Crippen LogP contribution < -0.4 is 0 Å². The van der Waals surface area contributed by atoms with Crippen molar-refractivity contribution >= 4 is 8.80 Å². The van der Waals surface area contributed by atoms with E-state index in [9.17, 15) is 4.39 Å². The Bertz CT molecular complexity index is 453. The highest BCUT2D eigenvalue weighted by Crippen LogP contribution is 2.41. The maximum Gasteiger partial charge on any atom is 0.123 e. The lowest BCUT2D eigenvalue weighted by molar-refractivity contribution is 0.189. The molecule has 3 rings (SSSR count). The fraction of sp³-hybridized carbons (Fsp3) is 0.714. The number of benzene rings is 1. The van der Waals surface area contributed by atoms with Gasteiger partial charge in [-0.25, -0.2) is 4.39 Å². The summed E-state index contributed by atoms with van der Waals surface area (Å²) < 4.78 is 13.0. The van der Waals surface area contributed by atoms with Gasteiger partial charge in [-0.05, 0) is 54.7 Å². The van der Waals surface area contributed by atoms with Gasteiger partial charge in [0.25, 0.3) is 0 Å². The van der Waals surface area contributed by atoms with Crippen LogP contribution in [0.2, 0.25) is 18.1 Å². The van der Waals surface area contributed by atoms with E-state index in [4.69, 9.17) is 0 Å². The first-order valence-electron chi connectivity index (χ1n) is 9.82. The molecule has 1 aromatic carbocycles. The minimum Gasteiger partial charge on any atom is -0.207 e. The van der Waals surface area contributed by atoms with Crippen molar-refractivity contribution in [2.75, 3.05) is 0 Å². The predicted molar refractivity (Wildman–Crippen MR) is 98.7 cm³/mol. The van der Waals surface area contributed by atoms with Gasteiger partial charge in [0.2, 0.25) is 0 Å². The lowest BCUT2D eigenvalue weighted by Crippen LogP contribution is -2.28. The fourth-order valence-electron chi connectivity index (χ4n) is 4.81. The van der Waals surface area contributed by atoms with E-state index in [1.54, 1.807) is 12.1 Å². The molecule has 1 saturated heterocycles. The number of hydrogen-bond donors (Lipinski definition) is 0. The van der Waals surface area contributed by atoms with Crippen LogP contribution in [0.25, 0.3) is 0 Å². The van der Waals surface area contributed by atoms with Crippen molar-refractivity contribution < 1.29 is 4.39 Å². The van der Waals surface area contributed by atoms with Crippen molar-refractivity contribution in [3.05, 3.63) is 35.6 Å². The average molecular weight is 332 g/mol. The third kappa shape index (κ3) is 4.92. The summed E-state index contributed by atoms with van der Waals surface area (Å²) in [7, 11) is -0.135. The van der Waals surface area contributed by atoms with Crippen LogP contribution in [0.3, 0.4) is 0 Å². The number of aryl methyl sites for hydroxylation is 1. The van der Waals surface area contributed by atoms with Crippen molar-refractivity contribution in [1.82, 2.24) is 0 Å². The van der Waals surface area contributed by atoms with Crippen LogP contribution >= 0.6 is 0 Å². The van der Waals surface area contributed by atoms with Crippen molar-refractivity contribution in [3.8, 4) is 0 Å². The van der Waals surface area contributed by atoms with Gasteiger partial charge in [-0.2, -0.15) is 0 Å². The van der Waals surface area contributed by atoms with E-state index in [2.05, 4.69) is 6.92 Å². The second-order valence-electron chi connectivity index (χ2n) is 7.90. The van der Waals surface area contributed by atoms with Crippen molar-refractivity contribution in [1.29, 1.82) is 0 Å². The molecule has 127 valence electrons. The molecule has 1 radical (unpaired) electrons. The summed E-state index contributed by atoms with van der Waals surface area (Å²) >= 11 is 0. The molecule has 2 heteroatoms. The summed E-state index contributed by atoms with van der Waals surface area (Å²) in [5, 5.41) is 0. The molecule has 2 aliphatic rings. The molecule has 1 aliphatic carbocycles. The van der Waals surface area contributed by atoms with E-state index in [0.29, 0.717) is 0 Å². The Morgan fingerprint density at radius 2 is 1.52 bits per heavy atom. The smallest absolute Gasteiger partial charge is 0.123 e. The Balaban J connectivity index is 1.38. The Morgan fingerprint density at radius 3 is 2.13 bits per heavy atom. The molecular weight excluding hydrogens is 299 g/mol. The van der Waals surface area contributed by atoms with E-state index in [0.717, 1.165) is 17.8 Å². The van der Waals surface area contributed by atoms with Crippen LogP contribution in [0.4, 0.5) is 4.39 Å². The van der Waals surface area contributed by atoms with Gasteiger partial charge in [-0.15, -0.1) is 0 Å². The van der Waals surface area contributed by atoms with Crippen LogP contribution in [-0.4, -0.2) is 8.80 Å². The predicted octanol–water partition coefficient (Wildman–Crippen LogP) is 6.49. The van der Waals surface area contributed by atoms with Gasteiger partial charge in [-0.1, -0.05) is 69.3 Å². The Morgan fingerprint density at radius 1 is 0.913 bits per heavy atom. The first-order valence-corrected chi connectivity index (χ1v) is 11.9. The molecule has 0 atom stereocenters. The van der Waals surface area contributed by atoms with Crippen LogP contribution in [0.5, 0.6) is 0 Å². The fourth-order valence-corrected chi connectivity index (χ4v) is 7.76. The number of halogens is 1. The van der Waals surface area contributed by atoms with Crippen molar-refractivity contribution in [2.45, 2.75) is 76.4 Å². The lowest BCUT2D eigenvalue weighted by atomic mass is 9.73. The Hall–Kier alpha value is -0.633. The summed E-state index contributed by atoms with van der Waals surface area (Å²) in [6.45, 7) is 2.36. The van der Waals surface area contributed by atoms with Crippen molar-refractivity contribution in [3.63, 3.8) is 0 Å². The van der Waals surface area contributed by atoms with Gasteiger partial charge < -0.3 is 0 Å². The standard InChI is InChI=1S/C21H32FSi/c1-2-17-3-7-19(8-4-17)20-12-15-23(16-13-20)14-11-18-5-9-21(22)10-6-18/h5-6,9-10,17,19-20H,2-4,7-8,11-16H2,1H3. The zero-order chi connectivity index (χ0) is 16.1. The molecule has 0 spiro atoms. The minimum atomic E-state index is -0.135. The molecular formula is C21H32FSi. The molecule has 1 aliphatic heterocycles. The first-order chi connectivity index (χ1) is 11.2. The quantitative estimate of drug-likeness (QED) is 0.541. The molecule has 0 unspecified atom stereocenters. The molecule has 0 amide bonds. The molecule has 0 nitrogen and oxygen atoms in total. The second kappa shape index (κ2) is 8.46. The molecule has 1 heterocycles. The van der Waals surface area contributed by atoms with E-state index in [1.807, 2.05) is 12.1 Å².